The zero-order chi connectivity index (χ0) is 12.1. The molecule has 0 aliphatic heterocycles. The molecule has 0 heterocycles. The second kappa shape index (κ2) is 6.06. The molecule has 1 aromatic rings. The van der Waals surface area contributed by atoms with E-state index in [-0.39, 0.29) is 0 Å². The van der Waals surface area contributed by atoms with Crippen LogP contribution in [0.3, 0.4) is 0 Å². The summed E-state index contributed by atoms with van der Waals surface area (Å²) in [6.45, 7) is 4.56. The van der Waals surface area contributed by atoms with Crippen molar-refractivity contribution >= 4 is 28.8 Å². The van der Waals surface area contributed by atoms with Crippen molar-refractivity contribution in [2.45, 2.75) is 26.7 Å². The molecule has 0 amide bonds. The van der Waals surface area contributed by atoms with E-state index in [0.717, 1.165) is 34.7 Å². The smallest absolute Gasteiger partial charge is 0.119 e. The molecule has 0 saturated heterocycles. The van der Waals surface area contributed by atoms with Crippen molar-refractivity contribution in [2.24, 2.45) is 5.73 Å². The first kappa shape index (κ1) is 13.3. The summed E-state index contributed by atoms with van der Waals surface area (Å²) >= 11 is 10.9. The third kappa shape index (κ3) is 3.99. The molecule has 0 atom stereocenters. The summed E-state index contributed by atoms with van der Waals surface area (Å²) in [5.74, 6) is 0.849. The predicted octanol–water partition coefficient (Wildman–Crippen LogP) is 3.40. The number of hydrogen-bond acceptors (Lipinski definition) is 2. The Kier molecular flexibility index (Phi) is 5.03. The van der Waals surface area contributed by atoms with Gasteiger partial charge in [-0.3, -0.25) is 0 Å². The van der Waals surface area contributed by atoms with Gasteiger partial charge >= 0.3 is 0 Å². The van der Waals surface area contributed by atoms with Gasteiger partial charge in [0, 0.05) is 11.4 Å². The normalized spacial score (nSPS) is 10.2. The van der Waals surface area contributed by atoms with Crippen LogP contribution in [0, 0.1) is 13.8 Å². The van der Waals surface area contributed by atoms with Crippen LogP contribution in [-0.4, -0.2) is 11.6 Å². The highest BCUT2D eigenvalue weighted by Crippen LogP contribution is 2.25. The molecule has 0 aromatic heterocycles. The first-order valence-corrected chi connectivity index (χ1v) is 5.97. The molecule has 0 radical (unpaired) electrons. The van der Waals surface area contributed by atoms with Crippen LogP contribution in [0.4, 0.5) is 0 Å². The fourth-order valence-corrected chi connectivity index (χ4v) is 1.68. The van der Waals surface area contributed by atoms with Crippen molar-refractivity contribution in [3.8, 4) is 5.75 Å². The van der Waals surface area contributed by atoms with E-state index in [0.29, 0.717) is 11.6 Å². The van der Waals surface area contributed by atoms with Crippen molar-refractivity contribution in [3.05, 3.63) is 28.3 Å². The van der Waals surface area contributed by atoms with Gasteiger partial charge in [0.05, 0.1) is 11.6 Å². The van der Waals surface area contributed by atoms with Crippen molar-refractivity contribution in [1.29, 1.82) is 0 Å². The van der Waals surface area contributed by atoms with E-state index in [9.17, 15) is 0 Å². The number of aryl methyl sites for hydroxylation is 2. The lowest BCUT2D eigenvalue weighted by Crippen LogP contribution is -2.09. The van der Waals surface area contributed by atoms with Crippen LogP contribution in [0.15, 0.2) is 12.1 Å². The Morgan fingerprint density at radius 2 is 1.94 bits per heavy atom. The lowest BCUT2D eigenvalue weighted by atomic mass is 10.1. The van der Waals surface area contributed by atoms with Crippen LogP contribution >= 0.6 is 23.8 Å². The molecule has 0 spiro atoms. The fourth-order valence-electron chi connectivity index (χ4n) is 1.43. The molecule has 0 aliphatic carbocycles. The minimum absolute atomic E-state index is 0.534. The van der Waals surface area contributed by atoms with Gasteiger partial charge in [0.2, 0.25) is 0 Å². The van der Waals surface area contributed by atoms with E-state index in [2.05, 4.69) is 0 Å². The summed E-state index contributed by atoms with van der Waals surface area (Å²) in [6, 6.07) is 3.88. The number of nitrogens with two attached hydrogens (primary N) is 1. The molecule has 1 rings (SSSR count). The van der Waals surface area contributed by atoms with Gasteiger partial charge in [0.15, 0.2) is 0 Å². The summed E-state index contributed by atoms with van der Waals surface area (Å²) in [6.07, 6.45) is 1.57. The van der Waals surface area contributed by atoms with Crippen LogP contribution in [0.25, 0.3) is 0 Å². The van der Waals surface area contributed by atoms with Gasteiger partial charge in [0.1, 0.15) is 5.75 Å². The summed E-state index contributed by atoms with van der Waals surface area (Å²) in [5.41, 5.74) is 7.47. The summed E-state index contributed by atoms with van der Waals surface area (Å²) in [7, 11) is 0. The maximum absolute atomic E-state index is 6.06. The van der Waals surface area contributed by atoms with Gasteiger partial charge in [0.25, 0.3) is 0 Å². The van der Waals surface area contributed by atoms with Crippen molar-refractivity contribution < 1.29 is 4.74 Å². The van der Waals surface area contributed by atoms with E-state index >= 15 is 0 Å². The Morgan fingerprint density at radius 3 is 2.44 bits per heavy atom. The zero-order valence-electron chi connectivity index (χ0n) is 9.55. The minimum atomic E-state index is 0.534. The highest BCUT2D eigenvalue weighted by atomic mass is 35.5. The number of rotatable bonds is 5. The van der Waals surface area contributed by atoms with Gasteiger partial charge in [-0.1, -0.05) is 23.8 Å². The van der Waals surface area contributed by atoms with Gasteiger partial charge in [-0.2, -0.15) is 0 Å². The third-order valence-corrected chi connectivity index (χ3v) is 3.05. The molecule has 2 N–H and O–H groups in total. The lowest BCUT2D eigenvalue weighted by Gasteiger charge is -2.09. The topological polar surface area (TPSA) is 35.2 Å². The molecule has 0 aliphatic rings. The third-order valence-electron chi connectivity index (χ3n) is 2.25. The standard InChI is InChI=1S/C12H16ClNOS/c1-8-6-10(7-9(2)12(8)13)15-5-3-4-11(14)16/h6-7H,3-5H2,1-2H3,(H2,14,16). The Balaban J connectivity index is 2.52. The first-order chi connectivity index (χ1) is 7.50. The maximum Gasteiger partial charge on any atom is 0.119 e. The largest absolute Gasteiger partial charge is 0.494 e. The fraction of sp³-hybridized carbons (Fsp3) is 0.417. The number of halogens is 1. The predicted molar refractivity (Wildman–Crippen MR) is 72.4 cm³/mol. The van der Waals surface area contributed by atoms with Gasteiger partial charge in [-0.15, -0.1) is 0 Å². The van der Waals surface area contributed by atoms with Gasteiger partial charge in [-0.05, 0) is 43.5 Å². The van der Waals surface area contributed by atoms with Crippen LogP contribution in [-0.2, 0) is 0 Å². The van der Waals surface area contributed by atoms with Crippen LogP contribution < -0.4 is 10.5 Å². The number of hydrogen-bond donors (Lipinski definition) is 1. The summed E-state index contributed by atoms with van der Waals surface area (Å²) in [4.78, 5) is 0.534. The van der Waals surface area contributed by atoms with E-state index in [1.54, 1.807) is 0 Å². The molecule has 0 bridgehead atoms. The number of benzene rings is 1. The van der Waals surface area contributed by atoms with Crippen molar-refractivity contribution in [3.63, 3.8) is 0 Å². The van der Waals surface area contributed by atoms with Crippen LogP contribution in [0.1, 0.15) is 24.0 Å². The summed E-state index contributed by atoms with van der Waals surface area (Å²) < 4.78 is 5.60. The van der Waals surface area contributed by atoms with Gasteiger partial charge < -0.3 is 10.5 Å². The van der Waals surface area contributed by atoms with Crippen molar-refractivity contribution in [2.75, 3.05) is 6.61 Å². The highest BCUT2D eigenvalue weighted by Gasteiger charge is 2.03. The Hall–Kier alpha value is -0.800. The Bertz CT molecular complexity index is 370. The minimum Gasteiger partial charge on any atom is -0.494 e. The average molecular weight is 258 g/mol. The molecular formula is C12H16ClNOS. The van der Waals surface area contributed by atoms with Gasteiger partial charge in [-0.25, -0.2) is 0 Å². The second-order valence-electron chi connectivity index (χ2n) is 3.79. The van der Waals surface area contributed by atoms with E-state index in [1.165, 1.54) is 0 Å². The maximum atomic E-state index is 6.06. The average Bonchev–Trinajstić information content (AvgIpc) is 2.20. The molecule has 2 nitrogen and oxygen atoms in total. The van der Waals surface area contributed by atoms with E-state index in [1.807, 2.05) is 26.0 Å². The van der Waals surface area contributed by atoms with Crippen molar-refractivity contribution in [1.82, 2.24) is 0 Å². The molecule has 0 fully saturated rings. The first-order valence-electron chi connectivity index (χ1n) is 5.18. The molecular weight excluding hydrogens is 242 g/mol. The molecule has 0 saturated carbocycles. The number of ether oxygens (including phenoxy) is 1. The number of thiocarbonyl (C=S) groups is 1. The molecule has 4 heteroatoms. The second-order valence-corrected chi connectivity index (χ2v) is 4.69. The Morgan fingerprint density at radius 1 is 1.38 bits per heavy atom. The lowest BCUT2D eigenvalue weighted by molar-refractivity contribution is 0.313. The monoisotopic (exact) mass is 257 g/mol. The Labute approximate surface area is 107 Å². The van der Waals surface area contributed by atoms with Crippen LogP contribution in [0.2, 0.25) is 5.02 Å². The molecule has 88 valence electrons. The zero-order valence-corrected chi connectivity index (χ0v) is 11.1. The SMILES string of the molecule is Cc1cc(OCCCC(N)=S)cc(C)c1Cl. The molecule has 16 heavy (non-hydrogen) atoms. The highest BCUT2D eigenvalue weighted by molar-refractivity contribution is 7.80. The molecule has 1 aromatic carbocycles. The van der Waals surface area contributed by atoms with E-state index < -0.39 is 0 Å². The van der Waals surface area contributed by atoms with Crippen LogP contribution in [0.5, 0.6) is 5.75 Å². The summed E-state index contributed by atoms with van der Waals surface area (Å²) in [5, 5.41) is 0.801. The molecule has 0 unspecified atom stereocenters. The quantitative estimate of drug-likeness (QED) is 0.649. The van der Waals surface area contributed by atoms with E-state index in [4.69, 9.17) is 34.3 Å².